The minimum Gasteiger partial charge on any atom is -0.349 e. The summed E-state index contributed by atoms with van der Waals surface area (Å²) in [5, 5.41) is 5.90. The molecule has 1 aromatic carbocycles. The molecule has 160 valence electrons. The first-order valence-electron chi connectivity index (χ1n) is 10.4. The van der Waals surface area contributed by atoms with E-state index < -0.39 is 5.82 Å². The second-order valence-corrected chi connectivity index (χ2v) is 8.09. The van der Waals surface area contributed by atoms with Crippen molar-refractivity contribution in [2.45, 2.75) is 64.6 Å². The highest BCUT2D eigenvalue weighted by Crippen LogP contribution is 2.27. The summed E-state index contributed by atoms with van der Waals surface area (Å²) >= 11 is 0. The van der Waals surface area contributed by atoms with Gasteiger partial charge in [-0.1, -0.05) is 13.8 Å². The molecular formula is C23H29FN4O2. The Labute approximate surface area is 176 Å². The molecule has 2 aromatic rings. The molecule has 3 rings (SSSR count). The fourth-order valence-electron chi connectivity index (χ4n) is 3.16. The highest BCUT2D eigenvalue weighted by atomic mass is 19.1. The number of nitrogens with two attached hydrogens (primary N) is 1. The number of aromatic nitrogens is 1. The van der Waals surface area contributed by atoms with Gasteiger partial charge >= 0.3 is 0 Å². The molecule has 1 saturated carbocycles. The summed E-state index contributed by atoms with van der Waals surface area (Å²) in [5.41, 5.74) is 7.32. The summed E-state index contributed by atoms with van der Waals surface area (Å²) in [6.07, 6.45) is 4.99. The van der Waals surface area contributed by atoms with Crippen LogP contribution in [0.4, 0.5) is 4.39 Å². The van der Waals surface area contributed by atoms with Crippen LogP contribution in [0.5, 0.6) is 0 Å². The van der Waals surface area contributed by atoms with Crippen LogP contribution in [0.2, 0.25) is 0 Å². The minimum atomic E-state index is -0.541. The maximum absolute atomic E-state index is 14.6. The second kappa shape index (κ2) is 8.92. The van der Waals surface area contributed by atoms with Crippen LogP contribution in [0, 0.1) is 5.82 Å². The van der Waals surface area contributed by atoms with Crippen LogP contribution in [0.15, 0.2) is 30.5 Å². The molecule has 7 heteroatoms. The van der Waals surface area contributed by atoms with Gasteiger partial charge in [0.2, 0.25) is 0 Å². The van der Waals surface area contributed by atoms with Gasteiger partial charge in [-0.3, -0.25) is 14.6 Å². The third-order valence-electron chi connectivity index (χ3n) is 5.85. The monoisotopic (exact) mass is 412 g/mol. The molecule has 1 aromatic heterocycles. The summed E-state index contributed by atoms with van der Waals surface area (Å²) in [4.78, 5) is 29.3. The van der Waals surface area contributed by atoms with Gasteiger partial charge in [-0.25, -0.2) is 4.39 Å². The molecule has 1 aliphatic rings. The van der Waals surface area contributed by atoms with Gasteiger partial charge in [-0.15, -0.1) is 0 Å². The average molecular weight is 413 g/mol. The van der Waals surface area contributed by atoms with E-state index in [4.69, 9.17) is 5.73 Å². The topological polar surface area (TPSA) is 97.1 Å². The van der Waals surface area contributed by atoms with E-state index in [1.807, 2.05) is 20.8 Å². The zero-order valence-electron chi connectivity index (χ0n) is 17.7. The van der Waals surface area contributed by atoms with Crippen molar-refractivity contribution in [3.05, 3.63) is 53.0 Å². The van der Waals surface area contributed by atoms with Gasteiger partial charge in [-0.05, 0) is 56.9 Å². The van der Waals surface area contributed by atoms with Crippen molar-refractivity contribution >= 4 is 11.8 Å². The van der Waals surface area contributed by atoms with Crippen molar-refractivity contribution in [2.24, 2.45) is 5.73 Å². The molecule has 0 atom stereocenters. The molecule has 0 spiro atoms. The van der Waals surface area contributed by atoms with Crippen molar-refractivity contribution in [3.8, 4) is 11.3 Å². The Morgan fingerprint density at radius 3 is 2.40 bits per heavy atom. The number of carbonyl (C=O) groups excluding carboxylic acids is 2. The number of halogens is 1. The molecule has 2 amide bonds. The number of rotatable bonds is 8. The molecule has 0 aliphatic heterocycles. The van der Waals surface area contributed by atoms with Gasteiger partial charge < -0.3 is 16.4 Å². The van der Waals surface area contributed by atoms with Crippen LogP contribution in [-0.4, -0.2) is 28.4 Å². The zero-order valence-corrected chi connectivity index (χ0v) is 17.7. The van der Waals surface area contributed by atoms with Crippen LogP contribution >= 0.6 is 0 Å². The van der Waals surface area contributed by atoms with E-state index in [2.05, 4.69) is 15.6 Å². The average Bonchev–Trinajstić information content (AvgIpc) is 3.57. The fraction of sp³-hybridized carbons (Fsp3) is 0.435. The first kappa shape index (κ1) is 21.9. The quantitative estimate of drug-likeness (QED) is 0.618. The maximum atomic E-state index is 14.6. The Morgan fingerprint density at radius 1 is 1.17 bits per heavy atom. The van der Waals surface area contributed by atoms with Gasteiger partial charge in [0.15, 0.2) is 0 Å². The molecule has 0 saturated heterocycles. The summed E-state index contributed by atoms with van der Waals surface area (Å²) in [5.74, 6) is -1.06. The van der Waals surface area contributed by atoms with E-state index in [1.165, 1.54) is 12.3 Å². The van der Waals surface area contributed by atoms with Crippen molar-refractivity contribution in [2.75, 3.05) is 0 Å². The third kappa shape index (κ3) is 4.84. The van der Waals surface area contributed by atoms with E-state index in [1.54, 1.807) is 18.2 Å². The van der Waals surface area contributed by atoms with E-state index in [-0.39, 0.29) is 41.1 Å². The Bertz CT molecular complexity index is 935. The summed E-state index contributed by atoms with van der Waals surface area (Å²) in [6, 6.07) is 6.29. The number of nitrogens with one attached hydrogen (secondary N) is 2. The predicted molar refractivity (Wildman–Crippen MR) is 114 cm³/mol. The number of pyridine rings is 1. The molecule has 0 bridgehead atoms. The van der Waals surface area contributed by atoms with Gasteiger partial charge in [0.1, 0.15) is 5.82 Å². The predicted octanol–water partition coefficient (Wildman–Crippen LogP) is 3.55. The minimum absolute atomic E-state index is 0.0268. The normalized spacial score (nSPS) is 13.8. The van der Waals surface area contributed by atoms with Crippen LogP contribution in [0.3, 0.4) is 0 Å². The van der Waals surface area contributed by atoms with Gasteiger partial charge in [0.25, 0.3) is 11.8 Å². The SMILES string of the molecule is CCC(C)(CC)NC(=O)c1ccc(-c2cc(C(=O)NC3CC3)cc(F)c2CN)nc1. The van der Waals surface area contributed by atoms with E-state index in [0.717, 1.165) is 25.7 Å². The van der Waals surface area contributed by atoms with Crippen LogP contribution < -0.4 is 16.4 Å². The fourth-order valence-corrected chi connectivity index (χ4v) is 3.16. The number of amides is 2. The number of nitrogens with zero attached hydrogens (tertiary/aromatic N) is 1. The lowest BCUT2D eigenvalue weighted by molar-refractivity contribution is 0.0899. The Hall–Kier alpha value is -2.80. The lowest BCUT2D eigenvalue weighted by Crippen LogP contribution is -2.44. The lowest BCUT2D eigenvalue weighted by Gasteiger charge is -2.28. The largest absolute Gasteiger partial charge is 0.349 e. The Kier molecular flexibility index (Phi) is 6.51. The molecule has 4 N–H and O–H groups in total. The molecular weight excluding hydrogens is 383 g/mol. The maximum Gasteiger partial charge on any atom is 0.253 e. The first-order valence-corrected chi connectivity index (χ1v) is 10.4. The van der Waals surface area contributed by atoms with Crippen molar-refractivity contribution < 1.29 is 14.0 Å². The number of benzene rings is 1. The Balaban J connectivity index is 1.88. The summed E-state index contributed by atoms with van der Waals surface area (Å²) in [6.45, 7) is 6.03. The van der Waals surface area contributed by atoms with Crippen molar-refractivity contribution in [1.82, 2.24) is 15.6 Å². The van der Waals surface area contributed by atoms with E-state index in [9.17, 15) is 14.0 Å². The van der Waals surface area contributed by atoms with Crippen molar-refractivity contribution in [3.63, 3.8) is 0 Å². The third-order valence-corrected chi connectivity index (χ3v) is 5.85. The molecule has 30 heavy (non-hydrogen) atoms. The molecule has 6 nitrogen and oxygen atoms in total. The van der Waals surface area contributed by atoms with Gasteiger partial charge in [0, 0.05) is 41.0 Å². The smallest absolute Gasteiger partial charge is 0.253 e. The molecule has 1 fully saturated rings. The van der Waals surface area contributed by atoms with E-state index >= 15 is 0 Å². The molecule has 0 radical (unpaired) electrons. The number of hydrogen-bond acceptors (Lipinski definition) is 4. The number of hydrogen-bond donors (Lipinski definition) is 3. The first-order chi connectivity index (χ1) is 14.3. The highest BCUT2D eigenvalue weighted by Gasteiger charge is 2.25. The second-order valence-electron chi connectivity index (χ2n) is 8.09. The van der Waals surface area contributed by atoms with Crippen LogP contribution in [0.25, 0.3) is 11.3 Å². The highest BCUT2D eigenvalue weighted by molar-refractivity contribution is 5.96. The number of carbonyl (C=O) groups is 2. The molecule has 0 unspecified atom stereocenters. The summed E-state index contributed by atoms with van der Waals surface area (Å²) in [7, 11) is 0. The van der Waals surface area contributed by atoms with Gasteiger partial charge in [0.05, 0.1) is 11.3 Å². The standard InChI is InChI=1S/C23H29FN4O2/c1-4-23(3,5-2)28-22(30)14-6-9-20(26-13-14)17-10-15(11-19(24)18(17)12-25)21(29)27-16-7-8-16/h6,9-11,13,16H,4-5,7-8,12,25H2,1-3H3,(H,27,29)(H,28,30). The van der Waals surface area contributed by atoms with Crippen molar-refractivity contribution in [1.29, 1.82) is 0 Å². The van der Waals surface area contributed by atoms with E-state index in [0.29, 0.717) is 16.8 Å². The van der Waals surface area contributed by atoms with Gasteiger partial charge in [-0.2, -0.15) is 0 Å². The van der Waals surface area contributed by atoms with Crippen LogP contribution in [-0.2, 0) is 6.54 Å². The summed E-state index contributed by atoms with van der Waals surface area (Å²) < 4.78 is 14.6. The molecule has 1 heterocycles. The molecule has 1 aliphatic carbocycles. The van der Waals surface area contributed by atoms with Crippen LogP contribution in [0.1, 0.15) is 72.7 Å². The lowest BCUT2D eigenvalue weighted by atomic mass is 9.95. The zero-order chi connectivity index (χ0) is 21.9. The Morgan fingerprint density at radius 2 is 1.87 bits per heavy atom.